The van der Waals surface area contributed by atoms with E-state index in [2.05, 4.69) is 27.3 Å². The second-order valence-electron chi connectivity index (χ2n) is 6.23. The van der Waals surface area contributed by atoms with Crippen molar-refractivity contribution < 1.29 is 14.3 Å². The topological polar surface area (TPSA) is 71.5 Å². The summed E-state index contributed by atoms with van der Waals surface area (Å²) in [6.45, 7) is 0.737. The number of aromatic nitrogens is 1. The van der Waals surface area contributed by atoms with Crippen LogP contribution in [0.3, 0.4) is 0 Å². The maximum atomic E-state index is 12.5. The number of hydrogen-bond acceptors (Lipinski definition) is 5. The quantitative estimate of drug-likeness (QED) is 0.664. The Hall–Kier alpha value is -3.67. The second-order valence-corrected chi connectivity index (χ2v) is 6.23. The van der Waals surface area contributed by atoms with Crippen LogP contribution in [0.2, 0.25) is 0 Å². The first-order valence-electron chi connectivity index (χ1n) is 8.78. The van der Waals surface area contributed by atoms with Crippen molar-refractivity contribution in [2.45, 2.75) is 6.54 Å². The van der Waals surface area contributed by atoms with Crippen LogP contribution in [0.25, 0.3) is 0 Å². The Balaban J connectivity index is 1.70. The van der Waals surface area contributed by atoms with Gasteiger partial charge in [-0.3, -0.25) is 4.79 Å². The predicted octanol–water partition coefficient (Wildman–Crippen LogP) is 3.76. The summed E-state index contributed by atoms with van der Waals surface area (Å²) in [5.74, 6) is -0.907. The van der Waals surface area contributed by atoms with E-state index in [1.807, 2.05) is 31.3 Å². The lowest BCUT2D eigenvalue weighted by atomic mass is 10.1. The Morgan fingerprint density at radius 1 is 1.00 bits per heavy atom. The summed E-state index contributed by atoms with van der Waals surface area (Å²) in [5.41, 5.74) is 3.02. The number of benzene rings is 2. The van der Waals surface area contributed by atoms with Crippen molar-refractivity contribution in [1.29, 1.82) is 0 Å². The zero-order valence-electron chi connectivity index (χ0n) is 15.8. The van der Waals surface area contributed by atoms with Crippen molar-refractivity contribution >= 4 is 23.3 Å². The van der Waals surface area contributed by atoms with Gasteiger partial charge in [0.15, 0.2) is 0 Å². The number of rotatable bonds is 6. The van der Waals surface area contributed by atoms with Crippen LogP contribution in [-0.2, 0) is 11.3 Å². The lowest BCUT2D eigenvalue weighted by molar-refractivity contribution is 0.0602. The minimum atomic E-state index is -0.512. The lowest BCUT2D eigenvalue weighted by Crippen LogP contribution is -2.19. The van der Waals surface area contributed by atoms with Crippen LogP contribution in [0.5, 0.6) is 0 Å². The average Bonchev–Trinajstić information content (AvgIpc) is 2.74. The molecule has 0 saturated carbocycles. The lowest BCUT2D eigenvalue weighted by Gasteiger charge is -2.19. The molecule has 0 unspecified atom stereocenters. The summed E-state index contributed by atoms with van der Waals surface area (Å²) in [7, 11) is 3.27. The molecule has 0 atom stereocenters. The Morgan fingerprint density at radius 3 is 2.39 bits per heavy atom. The predicted molar refractivity (Wildman–Crippen MR) is 109 cm³/mol. The summed E-state index contributed by atoms with van der Waals surface area (Å²) in [4.78, 5) is 30.7. The highest BCUT2D eigenvalue weighted by atomic mass is 16.5. The molecule has 0 aliphatic carbocycles. The molecule has 6 nitrogen and oxygen atoms in total. The van der Waals surface area contributed by atoms with Gasteiger partial charge in [-0.2, -0.15) is 0 Å². The molecule has 1 N–H and O–H groups in total. The molecule has 0 spiro atoms. The standard InChI is InChI=1S/C22H21N3O3/c1-25(15-16-8-4-3-5-9-16)17-12-13-20(23-14-17)21(26)24-19-11-7-6-10-18(19)22(27)28-2/h3-14H,15H2,1-2H3,(H,24,26). The van der Waals surface area contributed by atoms with Gasteiger partial charge in [-0.1, -0.05) is 42.5 Å². The minimum Gasteiger partial charge on any atom is -0.465 e. The number of amides is 1. The highest BCUT2D eigenvalue weighted by Gasteiger charge is 2.15. The van der Waals surface area contributed by atoms with E-state index in [1.165, 1.54) is 12.7 Å². The van der Waals surface area contributed by atoms with E-state index in [9.17, 15) is 9.59 Å². The van der Waals surface area contributed by atoms with Gasteiger partial charge in [0.05, 0.1) is 30.2 Å². The SMILES string of the molecule is COC(=O)c1ccccc1NC(=O)c1ccc(N(C)Cc2ccccc2)cn1. The van der Waals surface area contributed by atoms with E-state index in [4.69, 9.17) is 4.74 Å². The van der Waals surface area contributed by atoms with Gasteiger partial charge in [-0.25, -0.2) is 9.78 Å². The van der Waals surface area contributed by atoms with Gasteiger partial charge >= 0.3 is 5.97 Å². The Kier molecular flexibility index (Phi) is 6.01. The third-order valence-corrected chi connectivity index (χ3v) is 4.26. The molecule has 1 aromatic heterocycles. The van der Waals surface area contributed by atoms with Crippen LogP contribution >= 0.6 is 0 Å². The van der Waals surface area contributed by atoms with Gasteiger partial charge in [-0.15, -0.1) is 0 Å². The van der Waals surface area contributed by atoms with Crippen LogP contribution in [0.15, 0.2) is 72.9 Å². The highest BCUT2D eigenvalue weighted by Crippen LogP contribution is 2.18. The van der Waals surface area contributed by atoms with E-state index in [0.717, 1.165) is 12.2 Å². The summed E-state index contributed by atoms with van der Waals surface area (Å²) in [6.07, 6.45) is 1.66. The number of methoxy groups -OCH3 is 1. The Labute approximate surface area is 163 Å². The van der Waals surface area contributed by atoms with Crippen molar-refractivity contribution in [1.82, 2.24) is 4.98 Å². The monoisotopic (exact) mass is 375 g/mol. The molecule has 0 aliphatic heterocycles. The molecule has 3 rings (SSSR count). The molecule has 0 radical (unpaired) electrons. The largest absolute Gasteiger partial charge is 0.465 e. The van der Waals surface area contributed by atoms with E-state index in [0.29, 0.717) is 5.69 Å². The smallest absolute Gasteiger partial charge is 0.339 e. The van der Waals surface area contributed by atoms with Gasteiger partial charge in [0.25, 0.3) is 5.91 Å². The first-order chi connectivity index (χ1) is 13.6. The van der Waals surface area contributed by atoms with Crippen molar-refractivity contribution in [2.24, 2.45) is 0 Å². The van der Waals surface area contributed by atoms with E-state index in [-0.39, 0.29) is 11.3 Å². The van der Waals surface area contributed by atoms with Crippen molar-refractivity contribution in [3.05, 3.63) is 89.7 Å². The molecule has 0 fully saturated rings. The third kappa shape index (κ3) is 4.54. The summed E-state index contributed by atoms with van der Waals surface area (Å²) in [5, 5.41) is 2.71. The highest BCUT2D eigenvalue weighted by molar-refractivity contribution is 6.07. The number of hydrogen-bond donors (Lipinski definition) is 1. The van der Waals surface area contributed by atoms with E-state index in [1.54, 1.807) is 36.5 Å². The molecule has 142 valence electrons. The average molecular weight is 375 g/mol. The molecule has 0 aliphatic rings. The molecule has 2 aromatic carbocycles. The van der Waals surface area contributed by atoms with Crippen LogP contribution in [-0.4, -0.2) is 31.0 Å². The number of esters is 1. The van der Waals surface area contributed by atoms with Crippen molar-refractivity contribution in [2.75, 3.05) is 24.4 Å². The fraction of sp³-hybridized carbons (Fsp3) is 0.136. The third-order valence-electron chi connectivity index (χ3n) is 4.26. The van der Waals surface area contributed by atoms with Gasteiger partial charge in [-0.05, 0) is 29.8 Å². The Morgan fingerprint density at radius 2 is 1.71 bits per heavy atom. The first-order valence-corrected chi connectivity index (χ1v) is 8.78. The molecule has 1 amide bonds. The molecular weight excluding hydrogens is 354 g/mol. The van der Waals surface area contributed by atoms with E-state index >= 15 is 0 Å². The number of anilines is 2. The number of ether oxygens (including phenoxy) is 1. The number of nitrogens with one attached hydrogen (secondary N) is 1. The number of nitrogens with zero attached hydrogens (tertiary/aromatic N) is 2. The minimum absolute atomic E-state index is 0.261. The Bertz CT molecular complexity index is 956. The number of para-hydroxylation sites is 1. The summed E-state index contributed by atoms with van der Waals surface area (Å²) >= 11 is 0. The fourth-order valence-corrected chi connectivity index (χ4v) is 2.76. The van der Waals surface area contributed by atoms with Gasteiger partial charge in [0, 0.05) is 13.6 Å². The number of carbonyl (C=O) groups is 2. The summed E-state index contributed by atoms with van der Waals surface area (Å²) in [6, 6.07) is 20.3. The number of carbonyl (C=O) groups excluding carboxylic acids is 2. The van der Waals surface area contributed by atoms with Crippen molar-refractivity contribution in [3.8, 4) is 0 Å². The summed E-state index contributed by atoms with van der Waals surface area (Å²) < 4.78 is 4.74. The molecule has 0 bridgehead atoms. The number of pyridine rings is 1. The first kappa shape index (κ1) is 19.1. The van der Waals surface area contributed by atoms with Gasteiger partial charge < -0.3 is 15.0 Å². The van der Waals surface area contributed by atoms with Gasteiger partial charge in [0.2, 0.25) is 0 Å². The zero-order valence-corrected chi connectivity index (χ0v) is 15.8. The van der Waals surface area contributed by atoms with Crippen molar-refractivity contribution in [3.63, 3.8) is 0 Å². The maximum absolute atomic E-state index is 12.5. The van der Waals surface area contributed by atoms with Crippen LogP contribution in [0, 0.1) is 0 Å². The van der Waals surface area contributed by atoms with Crippen LogP contribution in [0.4, 0.5) is 11.4 Å². The molecule has 3 aromatic rings. The molecule has 0 saturated heterocycles. The maximum Gasteiger partial charge on any atom is 0.339 e. The molecular formula is C22H21N3O3. The zero-order chi connectivity index (χ0) is 19.9. The molecule has 1 heterocycles. The van der Waals surface area contributed by atoms with Crippen LogP contribution in [0.1, 0.15) is 26.4 Å². The van der Waals surface area contributed by atoms with E-state index < -0.39 is 11.9 Å². The normalized spacial score (nSPS) is 10.2. The fourth-order valence-electron chi connectivity index (χ4n) is 2.76. The molecule has 28 heavy (non-hydrogen) atoms. The van der Waals surface area contributed by atoms with Gasteiger partial charge in [0.1, 0.15) is 5.69 Å². The second kappa shape index (κ2) is 8.81. The van der Waals surface area contributed by atoms with Crippen LogP contribution < -0.4 is 10.2 Å². The molecule has 6 heteroatoms.